The van der Waals surface area contributed by atoms with Crippen molar-refractivity contribution >= 4 is 5.97 Å². The Balaban J connectivity index is 2.02. The molecule has 1 atom stereocenters. The Hall–Kier alpha value is -1.57. The molecule has 0 saturated carbocycles. The summed E-state index contributed by atoms with van der Waals surface area (Å²) in [5, 5.41) is 0. The van der Waals surface area contributed by atoms with Crippen LogP contribution in [0.1, 0.15) is 24.2 Å². The van der Waals surface area contributed by atoms with Gasteiger partial charge in [0.1, 0.15) is 6.10 Å². The van der Waals surface area contributed by atoms with Crippen molar-refractivity contribution in [2.45, 2.75) is 19.4 Å². The predicted molar refractivity (Wildman–Crippen MR) is 53.8 cm³/mol. The van der Waals surface area contributed by atoms with Gasteiger partial charge >= 0.3 is 5.97 Å². The van der Waals surface area contributed by atoms with E-state index >= 15 is 0 Å². The van der Waals surface area contributed by atoms with Crippen molar-refractivity contribution in [2.75, 3.05) is 0 Å². The molecule has 2 nitrogen and oxygen atoms in total. The Morgan fingerprint density at radius 2 is 2.29 bits per heavy atom. The third kappa shape index (κ3) is 1.55. The molecule has 72 valence electrons. The molecule has 0 heterocycles. The molecule has 0 spiro atoms. The van der Waals surface area contributed by atoms with Gasteiger partial charge < -0.3 is 4.74 Å². The largest absolute Gasteiger partial charge is 0.454 e. The standard InChI is InChI=1S/C12H12O2/c1-2-5-12(13)14-11-8-9-6-3-4-7-10(9)11/h2-7,11H,8H2,1H3/b5-2+. The van der Waals surface area contributed by atoms with Gasteiger partial charge in [-0.2, -0.15) is 0 Å². The molecule has 1 aromatic carbocycles. The summed E-state index contributed by atoms with van der Waals surface area (Å²) < 4.78 is 5.23. The maximum Gasteiger partial charge on any atom is 0.331 e. The maximum atomic E-state index is 11.1. The van der Waals surface area contributed by atoms with E-state index in [9.17, 15) is 4.79 Å². The van der Waals surface area contributed by atoms with Gasteiger partial charge in [0.25, 0.3) is 0 Å². The smallest absolute Gasteiger partial charge is 0.331 e. The summed E-state index contributed by atoms with van der Waals surface area (Å²) in [6, 6.07) is 8.04. The topological polar surface area (TPSA) is 26.3 Å². The molecule has 0 radical (unpaired) electrons. The second-order valence-electron chi connectivity index (χ2n) is 3.33. The fourth-order valence-electron chi connectivity index (χ4n) is 1.63. The molecule has 2 rings (SSSR count). The van der Waals surface area contributed by atoms with E-state index in [0.29, 0.717) is 0 Å². The van der Waals surface area contributed by atoms with Crippen LogP contribution in [0.25, 0.3) is 0 Å². The van der Waals surface area contributed by atoms with Crippen molar-refractivity contribution in [2.24, 2.45) is 0 Å². The molecule has 0 aromatic heterocycles. The Morgan fingerprint density at radius 1 is 1.50 bits per heavy atom. The van der Waals surface area contributed by atoms with E-state index in [1.807, 2.05) is 18.2 Å². The van der Waals surface area contributed by atoms with Crippen molar-refractivity contribution in [3.05, 3.63) is 47.5 Å². The highest BCUT2D eigenvalue weighted by atomic mass is 16.5. The quantitative estimate of drug-likeness (QED) is 0.526. The van der Waals surface area contributed by atoms with Crippen molar-refractivity contribution in [3.63, 3.8) is 0 Å². The predicted octanol–water partition coefficient (Wildman–Crippen LogP) is 2.40. The molecule has 0 amide bonds. The highest BCUT2D eigenvalue weighted by Crippen LogP contribution is 2.35. The van der Waals surface area contributed by atoms with Crippen molar-refractivity contribution in [1.82, 2.24) is 0 Å². The molecular weight excluding hydrogens is 176 g/mol. The minimum atomic E-state index is -0.257. The van der Waals surface area contributed by atoms with Crippen LogP contribution in [0, 0.1) is 0 Å². The first-order valence-corrected chi connectivity index (χ1v) is 4.72. The number of rotatable bonds is 2. The zero-order chi connectivity index (χ0) is 9.97. The van der Waals surface area contributed by atoms with Crippen LogP contribution in [0.15, 0.2) is 36.4 Å². The van der Waals surface area contributed by atoms with Gasteiger partial charge in [-0.3, -0.25) is 0 Å². The van der Waals surface area contributed by atoms with Gasteiger partial charge in [0.2, 0.25) is 0 Å². The molecular formula is C12H12O2. The van der Waals surface area contributed by atoms with Crippen LogP contribution >= 0.6 is 0 Å². The number of carbonyl (C=O) groups is 1. The molecule has 0 saturated heterocycles. The van der Waals surface area contributed by atoms with Gasteiger partial charge in [-0.05, 0) is 18.1 Å². The van der Waals surface area contributed by atoms with Gasteiger partial charge in [0.15, 0.2) is 0 Å². The number of benzene rings is 1. The highest BCUT2D eigenvalue weighted by Gasteiger charge is 2.27. The molecule has 1 unspecified atom stereocenters. The number of esters is 1. The maximum absolute atomic E-state index is 11.1. The summed E-state index contributed by atoms with van der Waals surface area (Å²) in [5.74, 6) is -0.257. The monoisotopic (exact) mass is 188 g/mol. The Kier molecular flexibility index (Phi) is 2.35. The average Bonchev–Trinajstić information content (AvgIpc) is 2.15. The number of allylic oxidation sites excluding steroid dienone is 1. The SMILES string of the molecule is C/C=C/C(=O)OC1Cc2ccccc21. The van der Waals surface area contributed by atoms with Crippen LogP contribution < -0.4 is 0 Å². The highest BCUT2D eigenvalue weighted by molar-refractivity contribution is 5.82. The Morgan fingerprint density at radius 3 is 3.00 bits per heavy atom. The number of hydrogen-bond acceptors (Lipinski definition) is 2. The summed E-state index contributed by atoms with van der Waals surface area (Å²) in [7, 11) is 0. The van der Waals surface area contributed by atoms with E-state index in [4.69, 9.17) is 4.74 Å². The molecule has 0 fully saturated rings. The number of carbonyl (C=O) groups excluding carboxylic acids is 1. The first-order chi connectivity index (χ1) is 6.81. The molecule has 0 aliphatic heterocycles. The molecule has 1 aromatic rings. The summed E-state index contributed by atoms with van der Waals surface area (Å²) in [4.78, 5) is 11.1. The number of fused-ring (bicyclic) bond motifs is 1. The zero-order valence-electron chi connectivity index (χ0n) is 8.07. The minimum absolute atomic E-state index is 0.0325. The molecule has 0 N–H and O–H groups in total. The van der Waals surface area contributed by atoms with Gasteiger partial charge in [0.05, 0.1) is 0 Å². The first-order valence-electron chi connectivity index (χ1n) is 4.72. The lowest BCUT2D eigenvalue weighted by Gasteiger charge is -2.28. The van der Waals surface area contributed by atoms with Crippen molar-refractivity contribution in [3.8, 4) is 0 Å². The number of hydrogen-bond donors (Lipinski definition) is 0. The third-order valence-corrected chi connectivity index (χ3v) is 2.37. The molecule has 1 aliphatic carbocycles. The summed E-state index contributed by atoms with van der Waals surface area (Å²) in [6.45, 7) is 1.80. The van der Waals surface area contributed by atoms with E-state index in [1.54, 1.807) is 13.0 Å². The van der Waals surface area contributed by atoms with Crippen LogP contribution in [0.4, 0.5) is 0 Å². The van der Waals surface area contributed by atoms with Crippen molar-refractivity contribution < 1.29 is 9.53 Å². The fourth-order valence-corrected chi connectivity index (χ4v) is 1.63. The van der Waals surface area contributed by atoms with E-state index in [-0.39, 0.29) is 12.1 Å². The fraction of sp³-hybridized carbons (Fsp3) is 0.250. The molecule has 14 heavy (non-hydrogen) atoms. The van der Waals surface area contributed by atoms with E-state index in [1.165, 1.54) is 11.6 Å². The number of ether oxygens (including phenoxy) is 1. The van der Waals surface area contributed by atoms with Gasteiger partial charge in [-0.1, -0.05) is 30.3 Å². The molecule has 2 heteroatoms. The van der Waals surface area contributed by atoms with Gasteiger partial charge in [0, 0.05) is 12.5 Å². The van der Waals surface area contributed by atoms with Crippen LogP contribution in [-0.2, 0) is 16.0 Å². The zero-order valence-corrected chi connectivity index (χ0v) is 8.07. The van der Waals surface area contributed by atoms with Gasteiger partial charge in [-0.25, -0.2) is 4.79 Å². The lowest BCUT2D eigenvalue weighted by molar-refractivity contribution is -0.144. The minimum Gasteiger partial charge on any atom is -0.454 e. The summed E-state index contributed by atoms with van der Waals surface area (Å²) in [5.41, 5.74) is 2.43. The summed E-state index contributed by atoms with van der Waals surface area (Å²) >= 11 is 0. The van der Waals surface area contributed by atoms with Crippen molar-refractivity contribution in [1.29, 1.82) is 0 Å². The summed E-state index contributed by atoms with van der Waals surface area (Å²) in [6.07, 6.45) is 3.95. The van der Waals surface area contributed by atoms with Crippen LogP contribution in [0.3, 0.4) is 0 Å². The van der Waals surface area contributed by atoms with Crippen LogP contribution in [0.5, 0.6) is 0 Å². The molecule has 0 bridgehead atoms. The Labute approximate surface area is 83.2 Å². The average molecular weight is 188 g/mol. The van der Waals surface area contributed by atoms with Crippen LogP contribution in [0.2, 0.25) is 0 Å². The lowest BCUT2D eigenvalue weighted by Crippen LogP contribution is -2.21. The first kappa shape index (κ1) is 9.00. The Bertz CT molecular complexity index is 380. The van der Waals surface area contributed by atoms with Crippen LogP contribution in [-0.4, -0.2) is 5.97 Å². The van der Waals surface area contributed by atoms with E-state index < -0.39 is 0 Å². The molecule has 1 aliphatic rings. The second-order valence-corrected chi connectivity index (χ2v) is 3.33. The van der Waals surface area contributed by atoms with Gasteiger partial charge in [-0.15, -0.1) is 0 Å². The van der Waals surface area contributed by atoms with E-state index in [2.05, 4.69) is 6.07 Å². The normalized spacial score (nSPS) is 18.8. The third-order valence-electron chi connectivity index (χ3n) is 2.37. The van der Waals surface area contributed by atoms with E-state index in [0.717, 1.165) is 12.0 Å². The second kappa shape index (κ2) is 3.66. The lowest BCUT2D eigenvalue weighted by atomic mass is 9.85.